The molecule has 0 aliphatic carbocycles. The van der Waals surface area contributed by atoms with Gasteiger partial charge in [-0.15, -0.1) is 0 Å². The van der Waals surface area contributed by atoms with Crippen LogP contribution in [-0.2, 0) is 0 Å². The first-order valence-electron chi connectivity index (χ1n) is 10.7. The minimum Gasteiger partial charge on any atom is -0.383 e. The number of nitrogens with two attached hydrogens (primary N) is 1. The Labute approximate surface area is 191 Å². The molecule has 0 atom stereocenters. The van der Waals surface area contributed by atoms with Crippen molar-refractivity contribution in [2.75, 3.05) is 16.4 Å². The molecule has 0 spiro atoms. The van der Waals surface area contributed by atoms with Gasteiger partial charge in [-0.05, 0) is 63.1 Å². The normalized spacial score (nSPS) is 11.1. The standard InChI is InChI=1S/C25H26N6O2/c1-14(2)31-12-20(21-23(26)27-13-28-24(21)31)22(32)19-11-18(9-8-16(19)4)30-25(33)29-17-7-5-6-15(3)10-17/h5-14H,1-4H3,(H2,26,27,28)(H2,29,30,33). The quantitative estimate of drug-likeness (QED) is 0.373. The molecule has 33 heavy (non-hydrogen) atoms. The topological polar surface area (TPSA) is 115 Å². The predicted octanol–water partition coefficient (Wildman–Crippen LogP) is 5.09. The van der Waals surface area contributed by atoms with Gasteiger partial charge in [0.1, 0.15) is 17.8 Å². The molecule has 2 heterocycles. The number of nitrogens with one attached hydrogen (secondary N) is 2. The van der Waals surface area contributed by atoms with Crippen LogP contribution in [0.25, 0.3) is 11.0 Å². The van der Waals surface area contributed by atoms with Crippen LogP contribution in [0.5, 0.6) is 0 Å². The number of carbonyl (C=O) groups is 2. The van der Waals surface area contributed by atoms with Crippen LogP contribution in [0.4, 0.5) is 22.0 Å². The van der Waals surface area contributed by atoms with Gasteiger partial charge in [0.15, 0.2) is 5.78 Å². The van der Waals surface area contributed by atoms with Crippen molar-refractivity contribution >= 4 is 40.0 Å². The van der Waals surface area contributed by atoms with Crippen LogP contribution in [0.3, 0.4) is 0 Å². The third-order valence-corrected chi connectivity index (χ3v) is 5.46. The van der Waals surface area contributed by atoms with Crippen molar-refractivity contribution in [1.82, 2.24) is 14.5 Å². The van der Waals surface area contributed by atoms with Crippen LogP contribution in [0.1, 0.15) is 46.9 Å². The third kappa shape index (κ3) is 4.41. The van der Waals surface area contributed by atoms with Crippen molar-refractivity contribution in [3.05, 3.63) is 77.2 Å². The Bertz CT molecular complexity index is 1370. The number of ketones is 1. The minimum absolute atomic E-state index is 0.0859. The summed E-state index contributed by atoms with van der Waals surface area (Å²) in [6, 6.07) is 12.4. The fraction of sp³-hybridized carbons (Fsp3) is 0.200. The highest BCUT2D eigenvalue weighted by atomic mass is 16.2. The summed E-state index contributed by atoms with van der Waals surface area (Å²) in [5.41, 5.74) is 10.7. The molecular weight excluding hydrogens is 416 g/mol. The molecule has 0 saturated carbocycles. The number of amides is 2. The smallest absolute Gasteiger partial charge is 0.323 e. The fourth-order valence-electron chi connectivity index (χ4n) is 3.78. The lowest BCUT2D eigenvalue weighted by atomic mass is 9.98. The van der Waals surface area contributed by atoms with E-state index in [0.717, 1.165) is 11.1 Å². The Morgan fingerprint density at radius 1 is 0.970 bits per heavy atom. The Morgan fingerprint density at radius 3 is 2.39 bits per heavy atom. The average molecular weight is 443 g/mol. The highest BCUT2D eigenvalue weighted by molar-refractivity contribution is 6.19. The van der Waals surface area contributed by atoms with Crippen LogP contribution in [0, 0.1) is 13.8 Å². The maximum atomic E-state index is 13.6. The predicted molar refractivity (Wildman–Crippen MR) is 131 cm³/mol. The second-order valence-corrected chi connectivity index (χ2v) is 8.31. The number of aryl methyl sites for hydroxylation is 2. The number of aromatic nitrogens is 3. The molecule has 4 rings (SSSR count). The van der Waals surface area contributed by atoms with Gasteiger partial charge in [-0.2, -0.15) is 0 Å². The largest absolute Gasteiger partial charge is 0.383 e. The van der Waals surface area contributed by atoms with E-state index in [-0.39, 0.29) is 17.6 Å². The zero-order valence-corrected chi connectivity index (χ0v) is 19.0. The van der Waals surface area contributed by atoms with Crippen molar-refractivity contribution in [2.45, 2.75) is 33.7 Å². The minimum atomic E-state index is -0.392. The molecule has 0 radical (unpaired) electrons. The van der Waals surface area contributed by atoms with Crippen molar-refractivity contribution in [3.8, 4) is 0 Å². The van der Waals surface area contributed by atoms with Gasteiger partial charge in [-0.3, -0.25) is 4.79 Å². The molecule has 2 aromatic heterocycles. The van der Waals surface area contributed by atoms with E-state index in [4.69, 9.17) is 5.73 Å². The third-order valence-electron chi connectivity index (χ3n) is 5.46. The molecule has 8 nitrogen and oxygen atoms in total. The molecule has 0 unspecified atom stereocenters. The lowest BCUT2D eigenvalue weighted by molar-refractivity contribution is 0.103. The average Bonchev–Trinajstić information content (AvgIpc) is 3.16. The summed E-state index contributed by atoms with van der Waals surface area (Å²) in [6.45, 7) is 7.82. The van der Waals surface area contributed by atoms with Crippen LogP contribution in [0.2, 0.25) is 0 Å². The van der Waals surface area contributed by atoms with Gasteiger partial charge in [-0.25, -0.2) is 14.8 Å². The molecule has 0 bridgehead atoms. The molecule has 2 amide bonds. The van der Waals surface area contributed by atoms with Crippen LogP contribution in [-0.4, -0.2) is 26.3 Å². The Hall–Kier alpha value is -4.20. The first kappa shape index (κ1) is 22.0. The number of carbonyl (C=O) groups excluding carboxylic acids is 2. The van der Waals surface area contributed by atoms with Crippen molar-refractivity contribution in [3.63, 3.8) is 0 Å². The number of rotatable bonds is 5. The fourth-order valence-corrected chi connectivity index (χ4v) is 3.78. The highest BCUT2D eigenvalue weighted by Gasteiger charge is 2.22. The first-order chi connectivity index (χ1) is 15.7. The number of anilines is 3. The second-order valence-electron chi connectivity index (χ2n) is 8.31. The summed E-state index contributed by atoms with van der Waals surface area (Å²) < 4.78 is 1.91. The van der Waals surface area contributed by atoms with E-state index >= 15 is 0 Å². The number of nitrogens with zero attached hydrogens (tertiary/aromatic N) is 3. The van der Waals surface area contributed by atoms with Crippen molar-refractivity contribution < 1.29 is 9.59 Å². The molecule has 8 heteroatoms. The molecule has 0 fully saturated rings. The zero-order chi connectivity index (χ0) is 23.7. The molecule has 4 aromatic rings. The lowest BCUT2D eigenvalue weighted by Gasteiger charge is -2.11. The second kappa shape index (κ2) is 8.74. The van der Waals surface area contributed by atoms with E-state index in [1.165, 1.54) is 6.33 Å². The van der Waals surface area contributed by atoms with Gasteiger partial charge in [0, 0.05) is 29.2 Å². The van der Waals surface area contributed by atoms with E-state index in [1.54, 1.807) is 24.4 Å². The van der Waals surface area contributed by atoms with E-state index in [0.29, 0.717) is 33.5 Å². The molecule has 168 valence electrons. The van der Waals surface area contributed by atoms with Crippen LogP contribution >= 0.6 is 0 Å². The Morgan fingerprint density at radius 2 is 1.70 bits per heavy atom. The SMILES string of the molecule is Cc1cccc(NC(=O)Nc2ccc(C)c(C(=O)c3cn(C(C)C)c4ncnc(N)c34)c2)c1. The summed E-state index contributed by atoms with van der Waals surface area (Å²) in [6.07, 6.45) is 3.17. The van der Waals surface area contributed by atoms with Crippen LogP contribution < -0.4 is 16.4 Å². The zero-order valence-electron chi connectivity index (χ0n) is 19.0. The number of benzene rings is 2. The number of nitrogen functional groups attached to an aromatic ring is 1. The molecule has 0 saturated heterocycles. The monoisotopic (exact) mass is 442 g/mol. The van der Waals surface area contributed by atoms with Crippen molar-refractivity contribution in [2.24, 2.45) is 0 Å². The van der Waals surface area contributed by atoms with Gasteiger partial charge < -0.3 is 20.9 Å². The highest BCUT2D eigenvalue weighted by Crippen LogP contribution is 2.30. The van der Waals surface area contributed by atoms with E-state index in [2.05, 4.69) is 20.6 Å². The van der Waals surface area contributed by atoms with Crippen molar-refractivity contribution in [1.29, 1.82) is 0 Å². The molecule has 0 aliphatic heterocycles. The maximum absolute atomic E-state index is 13.6. The Kier molecular flexibility index (Phi) is 5.83. The summed E-state index contributed by atoms with van der Waals surface area (Å²) in [5, 5.41) is 6.13. The summed E-state index contributed by atoms with van der Waals surface area (Å²) in [4.78, 5) is 34.5. The number of urea groups is 1. The summed E-state index contributed by atoms with van der Waals surface area (Å²) in [7, 11) is 0. The first-order valence-corrected chi connectivity index (χ1v) is 10.7. The number of hydrogen-bond acceptors (Lipinski definition) is 5. The summed E-state index contributed by atoms with van der Waals surface area (Å²) in [5.74, 6) is 0.0494. The lowest BCUT2D eigenvalue weighted by Crippen LogP contribution is -2.19. The van der Waals surface area contributed by atoms with Gasteiger partial charge in [-0.1, -0.05) is 18.2 Å². The van der Waals surface area contributed by atoms with E-state index in [1.807, 2.05) is 56.5 Å². The van der Waals surface area contributed by atoms with Crippen LogP contribution in [0.15, 0.2) is 55.0 Å². The number of fused-ring (bicyclic) bond motifs is 1. The van der Waals surface area contributed by atoms with Gasteiger partial charge in [0.05, 0.1) is 10.9 Å². The van der Waals surface area contributed by atoms with E-state index in [9.17, 15) is 9.59 Å². The molecule has 2 aromatic carbocycles. The molecule has 4 N–H and O–H groups in total. The van der Waals surface area contributed by atoms with E-state index < -0.39 is 6.03 Å². The molecule has 0 aliphatic rings. The summed E-state index contributed by atoms with van der Waals surface area (Å²) >= 11 is 0. The van der Waals surface area contributed by atoms with Gasteiger partial charge in [0.2, 0.25) is 0 Å². The van der Waals surface area contributed by atoms with Gasteiger partial charge >= 0.3 is 6.03 Å². The Balaban J connectivity index is 1.66. The van der Waals surface area contributed by atoms with Gasteiger partial charge in [0.25, 0.3) is 0 Å². The molecular formula is C25H26N6O2. The number of hydrogen-bond donors (Lipinski definition) is 3. The maximum Gasteiger partial charge on any atom is 0.323 e.